The van der Waals surface area contributed by atoms with Crippen LogP contribution in [-0.4, -0.2) is 51.6 Å². The van der Waals surface area contributed by atoms with Gasteiger partial charge in [0.25, 0.3) is 10.0 Å². The van der Waals surface area contributed by atoms with Crippen molar-refractivity contribution in [3.8, 4) is 0 Å². The molecular formula is C24H27FN4O6S2. The highest BCUT2D eigenvalue weighted by molar-refractivity contribution is 7.92. The third-order valence-electron chi connectivity index (χ3n) is 6.21. The maximum atomic E-state index is 13.7. The lowest BCUT2D eigenvalue weighted by Gasteiger charge is -2.45. The lowest BCUT2D eigenvalue weighted by atomic mass is 9.77. The minimum atomic E-state index is -4.36. The van der Waals surface area contributed by atoms with Gasteiger partial charge in [-0.3, -0.25) is 14.3 Å². The number of carbonyl (C=O) groups excluding carboxylic acids is 2. The van der Waals surface area contributed by atoms with Crippen LogP contribution in [0.25, 0.3) is 0 Å². The third-order valence-corrected chi connectivity index (χ3v) is 8.14. The normalized spacial score (nSPS) is 21.6. The first-order chi connectivity index (χ1) is 17.0. The number of amides is 1. The van der Waals surface area contributed by atoms with Crippen molar-refractivity contribution in [3.63, 3.8) is 0 Å². The van der Waals surface area contributed by atoms with Gasteiger partial charge in [0, 0.05) is 24.7 Å². The Morgan fingerprint density at radius 1 is 1.14 bits per heavy atom. The number of Topliss-reactive ketones (excluding diaryl/α,β-unsaturated/α-hetero) is 1. The van der Waals surface area contributed by atoms with E-state index in [0.29, 0.717) is 5.56 Å². The van der Waals surface area contributed by atoms with E-state index in [0.717, 1.165) is 12.3 Å². The van der Waals surface area contributed by atoms with Crippen LogP contribution in [0.1, 0.15) is 32.8 Å². The molecule has 2 aromatic rings. The Labute approximate surface area is 215 Å². The van der Waals surface area contributed by atoms with Gasteiger partial charge < -0.3 is 10.2 Å². The van der Waals surface area contributed by atoms with Crippen molar-refractivity contribution in [2.45, 2.75) is 44.7 Å². The number of ketones is 1. The molecule has 2 aromatic carbocycles. The molecule has 0 aliphatic carbocycles. The fourth-order valence-electron chi connectivity index (χ4n) is 4.47. The van der Waals surface area contributed by atoms with E-state index in [-0.39, 0.29) is 35.1 Å². The maximum Gasteiger partial charge on any atom is 0.286 e. The quantitative estimate of drug-likeness (QED) is 0.545. The number of anilines is 2. The number of hydrogen-bond acceptors (Lipinski definition) is 7. The van der Waals surface area contributed by atoms with Gasteiger partial charge >= 0.3 is 0 Å². The molecule has 4 rings (SSSR count). The molecule has 2 atom stereocenters. The second-order valence-electron chi connectivity index (χ2n) is 10.2. The van der Waals surface area contributed by atoms with Gasteiger partial charge in [0.05, 0.1) is 11.9 Å². The smallest absolute Gasteiger partial charge is 0.286 e. The summed E-state index contributed by atoms with van der Waals surface area (Å²) in [6, 6.07) is 8.97. The molecule has 0 saturated carbocycles. The van der Waals surface area contributed by atoms with E-state index in [1.54, 1.807) is 12.1 Å². The minimum absolute atomic E-state index is 0.0218. The Bertz CT molecular complexity index is 1510. The summed E-state index contributed by atoms with van der Waals surface area (Å²) in [5, 5.41) is 2.79. The summed E-state index contributed by atoms with van der Waals surface area (Å²) in [5.41, 5.74) is 0.264. The summed E-state index contributed by atoms with van der Waals surface area (Å²) in [5.74, 6) is -3.30. The summed E-state index contributed by atoms with van der Waals surface area (Å²) in [6.07, 6.45) is 0.907. The zero-order valence-corrected chi connectivity index (χ0v) is 22.3. The Kier molecular flexibility index (Phi) is 6.65. The first-order valence-electron chi connectivity index (χ1n) is 11.4. The number of benzene rings is 2. The van der Waals surface area contributed by atoms with Crippen molar-refractivity contribution in [3.05, 3.63) is 53.8 Å². The van der Waals surface area contributed by atoms with Crippen LogP contribution in [0.2, 0.25) is 0 Å². The Hall–Kier alpha value is -3.32. The van der Waals surface area contributed by atoms with E-state index in [1.165, 1.54) is 29.2 Å². The molecule has 0 aromatic heterocycles. The van der Waals surface area contributed by atoms with Crippen LogP contribution in [0, 0.1) is 17.2 Å². The summed E-state index contributed by atoms with van der Waals surface area (Å²) < 4.78 is 68.5. The summed E-state index contributed by atoms with van der Waals surface area (Å²) in [4.78, 5) is 28.2. The number of fused-ring (bicyclic) bond motifs is 1. The molecule has 1 amide bonds. The van der Waals surface area contributed by atoms with Gasteiger partial charge in [0.15, 0.2) is 11.7 Å². The third kappa shape index (κ3) is 5.67. The van der Waals surface area contributed by atoms with E-state index in [9.17, 15) is 30.8 Å². The number of rotatable bonds is 5. The second kappa shape index (κ2) is 9.21. The predicted molar refractivity (Wildman–Crippen MR) is 136 cm³/mol. The number of carbonyl (C=O) groups is 2. The van der Waals surface area contributed by atoms with Crippen LogP contribution in [0.5, 0.6) is 0 Å². The molecule has 0 radical (unpaired) electrons. The van der Waals surface area contributed by atoms with Gasteiger partial charge in [-0.1, -0.05) is 32.9 Å². The molecule has 2 aliphatic heterocycles. The molecule has 1 unspecified atom stereocenters. The van der Waals surface area contributed by atoms with Crippen molar-refractivity contribution in [1.82, 2.24) is 4.90 Å². The molecule has 1 saturated heterocycles. The Morgan fingerprint density at radius 3 is 2.38 bits per heavy atom. The van der Waals surface area contributed by atoms with Gasteiger partial charge in [-0.25, -0.2) is 12.8 Å². The Morgan fingerprint density at radius 2 is 1.78 bits per heavy atom. The summed E-state index contributed by atoms with van der Waals surface area (Å²) >= 11 is 0. The SMILES string of the molecule is CC(C)(C)[C@H]1CC(=O)C(C2=NS(=O)(=O)c3cc(NS(C)(=O)=O)ccc3N2)C(=O)N1Cc1ccc(F)cc1. The molecule has 10 nitrogen and oxygen atoms in total. The number of nitrogens with zero attached hydrogens (tertiary/aromatic N) is 2. The number of nitrogens with one attached hydrogen (secondary N) is 2. The fraction of sp³-hybridized carbons (Fsp3) is 0.375. The zero-order valence-electron chi connectivity index (χ0n) is 20.6. The van der Waals surface area contributed by atoms with Crippen molar-refractivity contribution in [2.24, 2.45) is 15.7 Å². The highest BCUT2D eigenvalue weighted by atomic mass is 32.2. The molecule has 37 heavy (non-hydrogen) atoms. The summed E-state index contributed by atoms with van der Waals surface area (Å²) in [7, 11) is -8.01. The van der Waals surface area contributed by atoms with Gasteiger partial charge in [0.1, 0.15) is 16.5 Å². The van der Waals surface area contributed by atoms with Crippen LogP contribution in [0.15, 0.2) is 51.8 Å². The topological polar surface area (TPSA) is 142 Å². The summed E-state index contributed by atoms with van der Waals surface area (Å²) in [6.45, 7) is 5.79. The number of piperidine rings is 1. The van der Waals surface area contributed by atoms with E-state index < -0.39 is 54.9 Å². The van der Waals surface area contributed by atoms with Crippen LogP contribution in [0.4, 0.5) is 15.8 Å². The average molecular weight is 551 g/mol. The van der Waals surface area contributed by atoms with Crippen molar-refractivity contribution >= 4 is 48.9 Å². The molecular weight excluding hydrogens is 523 g/mol. The van der Waals surface area contributed by atoms with Crippen LogP contribution in [-0.2, 0) is 36.2 Å². The standard InChI is InChI=1S/C24H27FN4O6S2/c1-24(2,3)20-12-18(30)21(23(31)29(20)13-14-5-7-15(25)8-6-14)22-26-17-10-9-16(27-36(4,32)33)11-19(17)37(34,35)28-22/h5-11,20-21,27H,12-13H2,1-4H3,(H,26,28)/t20-,21?/m1/s1. The molecule has 13 heteroatoms. The maximum absolute atomic E-state index is 13.7. The molecule has 1 fully saturated rings. The second-order valence-corrected chi connectivity index (χ2v) is 13.6. The van der Waals surface area contributed by atoms with Gasteiger partial charge in [0.2, 0.25) is 15.9 Å². The molecule has 198 valence electrons. The van der Waals surface area contributed by atoms with Crippen molar-refractivity contribution < 1.29 is 30.8 Å². The largest absolute Gasteiger partial charge is 0.341 e. The monoisotopic (exact) mass is 550 g/mol. The van der Waals surface area contributed by atoms with E-state index in [2.05, 4.69) is 14.4 Å². The molecule has 2 aliphatic rings. The first kappa shape index (κ1) is 26.7. The van der Waals surface area contributed by atoms with Crippen molar-refractivity contribution in [1.29, 1.82) is 0 Å². The number of likely N-dealkylation sites (tertiary alicyclic amines) is 1. The van der Waals surface area contributed by atoms with Gasteiger partial charge in [-0.2, -0.15) is 8.42 Å². The van der Waals surface area contributed by atoms with Crippen LogP contribution < -0.4 is 10.0 Å². The number of amidine groups is 1. The number of halogens is 1. The fourth-order valence-corrected chi connectivity index (χ4v) is 6.21. The van der Waals surface area contributed by atoms with Gasteiger partial charge in [-0.05, 0) is 41.3 Å². The lowest BCUT2D eigenvalue weighted by Crippen LogP contribution is -2.58. The number of sulfonamides is 2. The molecule has 2 heterocycles. The first-order valence-corrected chi connectivity index (χ1v) is 14.7. The zero-order chi connectivity index (χ0) is 27.3. The van der Waals surface area contributed by atoms with E-state index in [1.807, 2.05) is 20.8 Å². The predicted octanol–water partition coefficient (Wildman–Crippen LogP) is 2.74. The molecule has 0 bridgehead atoms. The number of hydrogen-bond donors (Lipinski definition) is 2. The van der Waals surface area contributed by atoms with Crippen molar-refractivity contribution in [2.75, 3.05) is 16.3 Å². The molecule has 0 spiro atoms. The highest BCUT2D eigenvalue weighted by Crippen LogP contribution is 2.37. The minimum Gasteiger partial charge on any atom is -0.341 e. The average Bonchev–Trinajstić information content (AvgIpc) is 2.75. The van der Waals surface area contributed by atoms with Crippen LogP contribution >= 0.6 is 0 Å². The molecule has 2 N–H and O–H groups in total. The highest BCUT2D eigenvalue weighted by Gasteiger charge is 2.48. The Balaban J connectivity index is 1.70. The van der Waals surface area contributed by atoms with E-state index >= 15 is 0 Å². The van der Waals surface area contributed by atoms with Crippen LogP contribution in [0.3, 0.4) is 0 Å². The van der Waals surface area contributed by atoms with E-state index in [4.69, 9.17) is 0 Å². The lowest BCUT2D eigenvalue weighted by molar-refractivity contribution is -0.150. The van der Waals surface area contributed by atoms with Gasteiger partial charge in [-0.15, -0.1) is 4.40 Å².